The molecule has 0 aliphatic rings. The van der Waals surface area contributed by atoms with Crippen molar-refractivity contribution in [2.24, 2.45) is 0 Å². The van der Waals surface area contributed by atoms with Gasteiger partial charge < -0.3 is 5.32 Å². The Balaban J connectivity index is -0.0000000755. The van der Waals surface area contributed by atoms with Gasteiger partial charge in [-0.2, -0.15) is 0 Å². The average Bonchev–Trinajstić information content (AvgIpc) is 2.37. The molecule has 6 radical (unpaired) electrons. The van der Waals surface area contributed by atoms with Crippen LogP contribution in [-0.2, 0) is 31.7 Å². The molecule has 5 heteroatoms. The SMILES string of the molecule is CNc1ccccc1.[C]=O.[C]=O.[C]=O.[Cr]. The largest absolute Gasteiger partial charge is 0.388 e. The van der Waals surface area contributed by atoms with Crippen molar-refractivity contribution in [1.29, 1.82) is 0 Å². The van der Waals surface area contributed by atoms with Gasteiger partial charge in [0.25, 0.3) is 20.4 Å². The van der Waals surface area contributed by atoms with E-state index in [0.717, 1.165) is 5.69 Å². The molecule has 78 valence electrons. The van der Waals surface area contributed by atoms with Crippen LogP contribution in [0.5, 0.6) is 0 Å². The molecule has 0 unspecified atom stereocenters. The van der Waals surface area contributed by atoms with Crippen LogP contribution in [0.1, 0.15) is 0 Å². The minimum atomic E-state index is 0. The van der Waals surface area contributed by atoms with Crippen LogP contribution in [0.2, 0.25) is 0 Å². The quantitative estimate of drug-likeness (QED) is 0.781. The summed E-state index contributed by atoms with van der Waals surface area (Å²) in [6, 6.07) is 10.1. The van der Waals surface area contributed by atoms with Crippen LogP contribution < -0.4 is 5.32 Å². The second-order valence-electron chi connectivity index (χ2n) is 1.62. The first-order valence-corrected chi connectivity index (χ1v) is 3.27. The van der Waals surface area contributed by atoms with Crippen LogP contribution in [0.3, 0.4) is 0 Å². The predicted octanol–water partition coefficient (Wildman–Crippen LogP) is 0.534. The molecule has 0 saturated heterocycles. The first-order valence-electron chi connectivity index (χ1n) is 3.27. The van der Waals surface area contributed by atoms with Crippen molar-refractivity contribution in [3.63, 3.8) is 0 Å². The van der Waals surface area contributed by atoms with E-state index in [4.69, 9.17) is 14.4 Å². The van der Waals surface area contributed by atoms with Crippen LogP contribution in [0.25, 0.3) is 0 Å². The molecule has 1 rings (SSSR count). The third-order valence-corrected chi connectivity index (χ3v) is 1.06. The van der Waals surface area contributed by atoms with E-state index in [9.17, 15) is 0 Å². The molecule has 0 amide bonds. The second kappa shape index (κ2) is 29.4. The maximum absolute atomic E-state index is 7.50. The fourth-order valence-corrected chi connectivity index (χ4v) is 0.605. The van der Waals surface area contributed by atoms with Gasteiger partial charge in [-0.1, -0.05) is 18.2 Å². The zero-order chi connectivity index (χ0) is 11.8. The molecule has 0 aliphatic heterocycles. The van der Waals surface area contributed by atoms with Gasteiger partial charge in [0, 0.05) is 30.1 Å². The Morgan fingerprint density at radius 2 is 1.20 bits per heavy atom. The number of anilines is 1. The first kappa shape index (κ1) is 23.4. The van der Waals surface area contributed by atoms with Gasteiger partial charge in [0.05, 0.1) is 0 Å². The van der Waals surface area contributed by atoms with Gasteiger partial charge in [0.15, 0.2) is 0 Å². The molecule has 0 fully saturated rings. The maximum atomic E-state index is 7.50. The van der Waals surface area contributed by atoms with Crippen LogP contribution in [-0.4, -0.2) is 27.4 Å². The van der Waals surface area contributed by atoms with Crippen molar-refractivity contribution in [1.82, 2.24) is 0 Å². The number of nitrogens with one attached hydrogen (secondary N) is 1. The van der Waals surface area contributed by atoms with Gasteiger partial charge in [0.2, 0.25) is 0 Å². The minimum absolute atomic E-state index is 0. The molecule has 15 heavy (non-hydrogen) atoms. The molecular formula is C10H9CrNO3. The summed E-state index contributed by atoms with van der Waals surface area (Å²) in [6.45, 7) is 13.5. The molecule has 0 aromatic heterocycles. The standard InChI is InChI=1S/C7H9N.3CO.Cr/c1-8-7-5-3-2-4-6-7;3*1-2;/h2-6,8H,1H3;;;;. The molecule has 0 aliphatic carbocycles. The smallest absolute Gasteiger partial charge is 0.281 e. The number of rotatable bonds is 1. The zero-order valence-electron chi connectivity index (χ0n) is 8.02. The molecule has 0 saturated carbocycles. The summed E-state index contributed by atoms with van der Waals surface area (Å²) in [4.78, 5) is 22.5. The van der Waals surface area contributed by atoms with Crippen molar-refractivity contribution in [2.45, 2.75) is 0 Å². The Hall–Kier alpha value is -1.44. The molecule has 0 heterocycles. The third-order valence-electron chi connectivity index (χ3n) is 1.06. The van der Waals surface area contributed by atoms with Gasteiger partial charge >= 0.3 is 0 Å². The fraction of sp³-hybridized carbons (Fsp3) is 0.100. The van der Waals surface area contributed by atoms with Crippen molar-refractivity contribution >= 4 is 26.1 Å². The summed E-state index contributed by atoms with van der Waals surface area (Å²) in [7, 11) is 1.91. The van der Waals surface area contributed by atoms with Crippen LogP contribution in [0.4, 0.5) is 5.69 Å². The van der Waals surface area contributed by atoms with Gasteiger partial charge in [-0.05, 0) is 12.1 Å². The monoisotopic (exact) mass is 243 g/mol. The topological polar surface area (TPSA) is 63.2 Å². The van der Waals surface area contributed by atoms with E-state index >= 15 is 0 Å². The van der Waals surface area contributed by atoms with E-state index in [1.807, 2.05) is 37.4 Å². The molecule has 1 N–H and O–H groups in total. The molecular weight excluding hydrogens is 234 g/mol. The van der Waals surface area contributed by atoms with Crippen molar-refractivity contribution in [3.05, 3.63) is 30.3 Å². The summed E-state index contributed by atoms with van der Waals surface area (Å²) in [6.07, 6.45) is 0. The number of hydrogen-bond donors (Lipinski definition) is 1. The van der Waals surface area contributed by atoms with E-state index < -0.39 is 0 Å². The summed E-state index contributed by atoms with van der Waals surface area (Å²) in [5.74, 6) is 0. The Labute approximate surface area is 101 Å². The minimum Gasteiger partial charge on any atom is -0.388 e. The number of benzene rings is 1. The van der Waals surface area contributed by atoms with E-state index in [0.29, 0.717) is 0 Å². The van der Waals surface area contributed by atoms with E-state index in [1.54, 1.807) is 0 Å². The second-order valence-corrected chi connectivity index (χ2v) is 1.62. The van der Waals surface area contributed by atoms with E-state index in [-0.39, 0.29) is 17.4 Å². The van der Waals surface area contributed by atoms with Crippen molar-refractivity contribution in [3.8, 4) is 0 Å². The van der Waals surface area contributed by atoms with Gasteiger partial charge in [-0.3, -0.25) is 14.4 Å². The first-order chi connectivity index (χ1) is 6.93. The number of hydrogen-bond acceptors (Lipinski definition) is 4. The van der Waals surface area contributed by atoms with Crippen LogP contribution in [0, 0.1) is 0 Å². The van der Waals surface area contributed by atoms with Crippen LogP contribution in [0.15, 0.2) is 30.3 Å². The number of carbonyl (C=O) groups excluding carboxylic acids is 3. The van der Waals surface area contributed by atoms with E-state index in [2.05, 4.69) is 25.7 Å². The van der Waals surface area contributed by atoms with Gasteiger partial charge in [-0.25, -0.2) is 0 Å². The Bertz CT molecular complexity index is 192. The van der Waals surface area contributed by atoms with Gasteiger partial charge in [-0.15, -0.1) is 0 Å². The normalized spacial score (nSPS) is 5.40. The fourth-order valence-electron chi connectivity index (χ4n) is 0.605. The van der Waals surface area contributed by atoms with E-state index in [1.165, 1.54) is 0 Å². The summed E-state index contributed by atoms with van der Waals surface area (Å²) >= 11 is 0. The number of para-hydroxylation sites is 1. The zero-order valence-corrected chi connectivity index (χ0v) is 9.29. The molecule has 0 bridgehead atoms. The molecule has 1 aromatic rings. The Kier molecular flexibility index (Phi) is 45.8. The molecule has 0 atom stereocenters. The Morgan fingerprint density at radius 3 is 1.40 bits per heavy atom. The molecule has 0 spiro atoms. The summed E-state index contributed by atoms with van der Waals surface area (Å²) in [5, 5.41) is 3.03. The predicted molar refractivity (Wildman–Crippen MR) is 53.1 cm³/mol. The van der Waals surface area contributed by atoms with Gasteiger partial charge in [0.1, 0.15) is 0 Å². The molecule has 1 aromatic carbocycles. The maximum Gasteiger partial charge on any atom is 0.281 e. The Morgan fingerprint density at radius 1 is 0.867 bits per heavy atom. The van der Waals surface area contributed by atoms with Crippen molar-refractivity contribution < 1.29 is 31.7 Å². The molecule has 4 nitrogen and oxygen atoms in total. The van der Waals surface area contributed by atoms with Crippen LogP contribution >= 0.6 is 0 Å². The summed E-state index contributed by atoms with van der Waals surface area (Å²) in [5.41, 5.74) is 1.16. The van der Waals surface area contributed by atoms with Crippen molar-refractivity contribution in [2.75, 3.05) is 12.4 Å². The summed E-state index contributed by atoms with van der Waals surface area (Å²) < 4.78 is 0. The third kappa shape index (κ3) is 19.1. The average molecular weight is 243 g/mol.